The molecule has 1 saturated heterocycles. The lowest BCUT2D eigenvalue weighted by atomic mass is 10.1. The number of hydrogen-bond acceptors (Lipinski definition) is 3. The molecule has 0 aliphatic carbocycles. The zero-order valence-electron chi connectivity index (χ0n) is 14.8. The highest BCUT2D eigenvalue weighted by atomic mass is 35.5. The summed E-state index contributed by atoms with van der Waals surface area (Å²) in [6, 6.07) is 9.68. The van der Waals surface area contributed by atoms with Crippen LogP contribution in [0.2, 0.25) is 5.02 Å². The van der Waals surface area contributed by atoms with Gasteiger partial charge in [-0.15, -0.1) is 0 Å². The number of aryl methyl sites for hydroxylation is 1. The highest BCUT2D eigenvalue weighted by Gasteiger charge is 2.24. The third kappa shape index (κ3) is 3.71. The summed E-state index contributed by atoms with van der Waals surface area (Å²) < 4.78 is 28.1. The van der Waals surface area contributed by atoms with E-state index < -0.39 is 10.0 Å². The molecule has 1 aliphatic rings. The Morgan fingerprint density at radius 3 is 2.50 bits per heavy atom. The van der Waals surface area contributed by atoms with Crippen LogP contribution in [0.4, 0.5) is 5.69 Å². The third-order valence-electron chi connectivity index (χ3n) is 4.66. The Hall–Kier alpha value is -2.05. The molecule has 1 heterocycles. The van der Waals surface area contributed by atoms with Gasteiger partial charge in [-0.05, 0) is 62.1 Å². The molecule has 26 heavy (non-hydrogen) atoms. The predicted molar refractivity (Wildman–Crippen MR) is 103 cm³/mol. The van der Waals surface area contributed by atoms with Crippen molar-refractivity contribution in [1.29, 1.82) is 0 Å². The van der Waals surface area contributed by atoms with Crippen molar-refractivity contribution in [2.45, 2.75) is 31.6 Å². The molecule has 1 amide bonds. The molecule has 2 aromatic rings. The molecule has 1 N–H and O–H groups in total. The summed E-state index contributed by atoms with van der Waals surface area (Å²) in [7, 11) is -3.83. The SMILES string of the molecule is Cc1ccc(S(=O)(=O)Nc2cccc(Cl)c2C)cc1C(=O)N1CCCC1. The Morgan fingerprint density at radius 2 is 1.81 bits per heavy atom. The molecule has 0 saturated carbocycles. The quantitative estimate of drug-likeness (QED) is 0.855. The molecular weight excluding hydrogens is 372 g/mol. The van der Waals surface area contributed by atoms with Crippen LogP contribution in [0.1, 0.15) is 34.3 Å². The molecule has 0 radical (unpaired) electrons. The first kappa shape index (κ1) is 18.7. The number of nitrogens with zero attached hydrogens (tertiary/aromatic N) is 1. The molecule has 2 aromatic carbocycles. The second-order valence-corrected chi connectivity index (χ2v) is 8.58. The summed E-state index contributed by atoms with van der Waals surface area (Å²) in [6.45, 7) is 5.00. The van der Waals surface area contributed by atoms with E-state index in [4.69, 9.17) is 11.6 Å². The molecular formula is C19H21ClN2O3S. The van der Waals surface area contributed by atoms with E-state index in [2.05, 4.69) is 4.72 Å². The number of carbonyl (C=O) groups is 1. The fourth-order valence-electron chi connectivity index (χ4n) is 3.01. The monoisotopic (exact) mass is 392 g/mol. The number of nitrogens with one attached hydrogen (secondary N) is 1. The molecule has 7 heteroatoms. The number of benzene rings is 2. The summed E-state index contributed by atoms with van der Waals surface area (Å²) in [5, 5.41) is 0.485. The zero-order valence-corrected chi connectivity index (χ0v) is 16.3. The van der Waals surface area contributed by atoms with Crippen LogP contribution in [-0.4, -0.2) is 32.3 Å². The van der Waals surface area contributed by atoms with Crippen LogP contribution in [0, 0.1) is 13.8 Å². The van der Waals surface area contributed by atoms with Crippen LogP contribution in [0.15, 0.2) is 41.3 Å². The first-order chi connectivity index (χ1) is 12.3. The maximum Gasteiger partial charge on any atom is 0.261 e. The maximum atomic E-state index is 12.8. The van der Waals surface area contributed by atoms with Gasteiger partial charge in [0, 0.05) is 23.7 Å². The number of carbonyl (C=O) groups excluding carboxylic acids is 1. The zero-order chi connectivity index (χ0) is 18.9. The van der Waals surface area contributed by atoms with E-state index in [1.807, 2.05) is 6.92 Å². The van der Waals surface area contributed by atoms with E-state index in [9.17, 15) is 13.2 Å². The maximum absolute atomic E-state index is 12.8. The topological polar surface area (TPSA) is 66.5 Å². The van der Waals surface area contributed by atoms with Gasteiger partial charge in [0.25, 0.3) is 15.9 Å². The van der Waals surface area contributed by atoms with Crippen LogP contribution in [0.25, 0.3) is 0 Å². The van der Waals surface area contributed by atoms with Crippen molar-refractivity contribution in [3.63, 3.8) is 0 Å². The Kier molecular flexibility index (Phi) is 5.25. The Balaban J connectivity index is 1.94. The number of likely N-dealkylation sites (tertiary alicyclic amines) is 1. The van der Waals surface area contributed by atoms with Gasteiger partial charge in [0.2, 0.25) is 0 Å². The summed E-state index contributed by atoms with van der Waals surface area (Å²) in [4.78, 5) is 14.5. The number of sulfonamides is 1. The van der Waals surface area contributed by atoms with Crippen LogP contribution < -0.4 is 4.72 Å². The largest absolute Gasteiger partial charge is 0.339 e. The fraction of sp³-hybridized carbons (Fsp3) is 0.316. The van der Waals surface area contributed by atoms with Gasteiger partial charge in [-0.2, -0.15) is 0 Å². The van der Waals surface area contributed by atoms with E-state index >= 15 is 0 Å². The average Bonchev–Trinajstić information content (AvgIpc) is 3.13. The number of halogens is 1. The average molecular weight is 393 g/mol. The number of hydrogen-bond donors (Lipinski definition) is 1. The van der Waals surface area contributed by atoms with Crippen molar-refractivity contribution in [2.75, 3.05) is 17.8 Å². The molecule has 0 spiro atoms. The van der Waals surface area contributed by atoms with Crippen molar-refractivity contribution >= 4 is 33.2 Å². The lowest BCUT2D eigenvalue weighted by Crippen LogP contribution is -2.28. The van der Waals surface area contributed by atoms with Gasteiger partial charge in [-0.1, -0.05) is 23.7 Å². The predicted octanol–water partition coefficient (Wildman–Crippen LogP) is 3.99. The lowest BCUT2D eigenvalue weighted by molar-refractivity contribution is 0.0792. The highest BCUT2D eigenvalue weighted by molar-refractivity contribution is 7.92. The summed E-state index contributed by atoms with van der Waals surface area (Å²) in [5.74, 6) is -0.115. The molecule has 3 rings (SSSR count). The van der Waals surface area contributed by atoms with Crippen molar-refractivity contribution < 1.29 is 13.2 Å². The van der Waals surface area contributed by atoms with Crippen molar-refractivity contribution in [2.24, 2.45) is 0 Å². The van der Waals surface area contributed by atoms with Gasteiger partial charge in [-0.25, -0.2) is 8.42 Å². The molecule has 1 fully saturated rings. The molecule has 0 bridgehead atoms. The minimum atomic E-state index is -3.83. The van der Waals surface area contributed by atoms with Crippen molar-refractivity contribution in [1.82, 2.24) is 4.90 Å². The minimum absolute atomic E-state index is 0.0602. The molecule has 0 atom stereocenters. The van der Waals surface area contributed by atoms with Crippen LogP contribution in [-0.2, 0) is 10.0 Å². The Labute approximate surface area is 159 Å². The molecule has 0 unspecified atom stereocenters. The van der Waals surface area contributed by atoms with Crippen molar-refractivity contribution in [3.05, 3.63) is 58.1 Å². The summed E-state index contributed by atoms with van der Waals surface area (Å²) >= 11 is 6.06. The van der Waals surface area contributed by atoms with Crippen LogP contribution in [0.5, 0.6) is 0 Å². The number of rotatable bonds is 4. The highest BCUT2D eigenvalue weighted by Crippen LogP contribution is 2.26. The van der Waals surface area contributed by atoms with Gasteiger partial charge in [0.1, 0.15) is 0 Å². The Morgan fingerprint density at radius 1 is 1.12 bits per heavy atom. The molecule has 0 aromatic heterocycles. The smallest absolute Gasteiger partial charge is 0.261 e. The second kappa shape index (κ2) is 7.29. The van der Waals surface area contributed by atoms with Crippen molar-refractivity contribution in [3.8, 4) is 0 Å². The van der Waals surface area contributed by atoms with E-state index in [1.165, 1.54) is 12.1 Å². The van der Waals surface area contributed by atoms with Gasteiger partial charge < -0.3 is 4.90 Å². The van der Waals surface area contributed by atoms with Gasteiger partial charge in [0.05, 0.1) is 10.6 Å². The van der Waals surface area contributed by atoms with Gasteiger partial charge >= 0.3 is 0 Å². The van der Waals surface area contributed by atoms with E-state index in [0.29, 0.717) is 21.8 Å². The molecule has 1 aliphatic heterocycles. The first-order valence-electron chi connectivity index (χ1n) is 8.47. The molecule has 138 valence electrons. The number of amides is 1. The normalized spacial score (nSPS) is 14.5. The number of anilines is 1. The van der Waals surface area contributed by atoms with E-state index in [-0.39, 0.29) is 10.8 Å². The van der Waals surface area contributed by atoms with E-state index in [0.717, 1.165) is 31.5 Å². The molecule has 5 nitrogen and oxygen atoms in total. The standard InChI is InChI=1S/C19H21ClN2O3S/c1-13-8-9-15(12-16(13)19(23)22-10-3-4-11-22)26(24,25)21-18-7-5-6-17(20)14(18)2/h5-9,12,21H,3-4,10-11H2,1-2H3. The summed E-state index contributed by atoms with van der Waals surface area (Å²) in [6.07, 6.45) is 1.97. The van der Waals surface area contributed by atoms with Gasteiger partial charge in [0.15, 0.2) is 0 Å². The lowest BCUT2D eigenvalue weighted by Gasteiger charge is -2.18. The van der Waals surface area contributed by atoms with Gasteiger partial charge in [-0.3, -0.25) is 9.52 Å². The second-order valence-electron chi connectivity index (χ2n) is 6.49. The van der Waals surface area contributed by atoms with Crippen LogP contribution in [0.3, 0.4) is 0 Å². The third-order valence-corrected chi connectivity index (χ3v) is 6.43. The minimum Gasteiger partial charge on any atom is -0.339 e. The van der Waals surface area contributed by atoms with E-state index in [1.54, 1.807) is 36.1 Å². The Bertz CT molecular complexity index is 951. The first-order valence-corrected chi connectivity index (χ1v) is 10.3. The van der Waals surface area contributed by atoms with Crippen LogP contribution >= 0.6 is 11.6 Å². The summed E-state index contributed by atoms with van der Waals surface area (Å²) in [5.41, 5.74) is 2.26. The fourth-order valence-corrected chi connectivity index (χ4v) is 4.33.